The molecular weight excluding hydrogens is 464 g/mol. The number of Topliss-reactive ketones (excluding diaryl/α,β-unsaturated/α-hetero) is 1. The quantitative estimate of drug-likeness (QED) is 0.433. The minimum Gasteiger partial charge on any atom is -0.387 e. The van der Waals surface area contributed by atoms with E-state index < -0.39 is 11.7 Å². The fraction of sp³-hybridized carbons (Fsp3) is 0.906. The van der Waals surface area contributed by atoms with Crippen molar-refractivity contribution in [2.75, 3.05) is 14.2 Å². The van der Waals surface area contributed by atoms with Crippen LogP contribution in [0.1, 0.15) is 99.8 Å². The van der Waals surface area contributed by atoms with Crippen LogP contribution < -0.4 is 0 Å². The monoisotopic (exact) mass is 516 g/mol. The molecule has 0 aromatic carbocycles. The molecule has 1 heterocycles. The molecule has 0 radical (unpaired) electrons. The molecule has 3 saturated carbocycles. The minimum atomic E-state index is -0.702. The van der Waals surface area contributed by atoms with E-state index in [2.05, 4.69) is 40.7 Å². The van der Waals surface area contributed by atoms with Crippen LogP contribution in [0.5, 0.6) is 0 Å². The molecule has 1 unspecified atom stereocenters. The van der Waals surface area contributed by atoms with Crippen LogP contribution in [-0.4, -0.2) is 49.2 Å². The topological polar surface area (TPSA) is 65.0 Å². The maximum Gasteiger partial charge on any atom is 0.160 e. The molecule has 0 aromatic heterocycles. The van der Waals surface area contributed by atoms with E-state index in [1.807, 2.05) is 13.8 Å². The summed E-state index contributed by atoms with van der Waals surface area (Å²) >= 11 is 0. The SMILES string of the molecule is CO[C@H]1O[C@@H](C(O)C(C)(C)OC)C[C@H]1[C@@H]1CC[C@]2(C)C3=CC[C@H]4C(C)(C)C(=O)CC[C@]4(C)[C@H]3CC[C@@]12C. The summed E-state index contributed by atoms with van der Waals surface area (Å²) in [4.78, 5) is 12.9. The first-order chi connectivity index (χ1) is 17.2. The highest BCUT2D eigenvalue weighted by molar-refractivity contribution is 5.85. The first-order valence-corrected chi connectivity index (χ1v) is 14.8. The van der Waals surface area contributed by atoms with Gasteiger partial charge in [-0.3, -0.25) is 4.79 Å². The second kappa shape index (κ2) is 8.88. The Hall–Kier alpha value is -0.750. The zero-order valence-corrected chi connectivity index (χ0v) is 24.9. The number of carbonyl (C=O) groups excluding carboxylic acids is 1. The lowest BCUT2D eigenvalue weighted by Crippen LogP contribution is -2.57. The summed E-state index contributed by atoms with van der Waals surface area (Å²) in [6.45, 7) is 15.9. The molecule has 0 amide bonds. The smallest absolute Gasteiger partial charge is 0.160 e. The number of methoxy groups -OCH3 is 2. The van der Waals surface area contributed by atoms with Gasteiger partial charge in [0.25, 0.3) is 0 Å². The Kier molecular flexibility index (Phi) is 6.67. The van der Waals surface area contributed by atoms with E-state index in [0.29, 0.717) is 23.5 Å². The minimum absolute atomic E-state index is 0.154. The van der Waals surface area contributed by atoms with Crippen LogP contribution in [-0.2, 0) is 19.0 Å². The second-order valence-corrected chi connectivity index (χ2v) is 15.0. The van der Waals surface area contributed by atoms with Crippen molar-refractivity contribution >= 4 is 5.78 Å². The summed E-state index contributed by atoms with van der Waals surface area (Å²) in [6.07, 6.45) is 9.70. The molecule has 10 atom stereocenters. The van der Waals surface area contributed by atoms with E-state index in [0.717, 1.165) is 25.7 Å². The van der Waals surface area contributed by atoms with E-state index in [9.17, 15) is 9.90 Å². The fourth-order valence-electron chi connectivity index (χ4n) is 10.3. The second-order valence-electron chi connectivity index (χ2n) is 15.0. The molecule has 37 heavy (non-hydrogen) atoms. The van der Waals surface area contributed by atoms with Crippen LogP contribution in [0.25, 0.3) is 0 Å². The Balaban J connectivity index is 1.44. The highest BCUT2D eigenvalue weighted by Gasteiger charge is 2.66. The Labute approximate surface area is 225 Å². The van der Waals surface area contributed by atoms with Crippen molar-refractivity contribution in [2.45, 2.75) is 124 Å². The van der Waals surface area contributed by atoms with Gasteiger partial charge < -0.3 is 19.3 Å². The zero-order chi connectivity index (χ0) is 27.2. The average Bonchev–Trinajstić information content (AvgIpc) is 3.39. The maximum atomic E-state index is 12.9. The van der Waals surface area contributed by atoms with E-state index >= 15 is 0 Å². The van der Waals surface area contributed by atoms with Crippen molar-refractivity contribution in [2.24, 2.45) is 45.3 Å². The van der Waals surface area contributed by atoms with Crippen molar-refractivity contribution in [3.05, 3.63) is 11.6 Å². The maximum absolute atomic E-state index is 12.9. The number of carbonyl (C=O) groups is 1. The lowest BCUT2D eigenvalue weighted by molar-refractivity contribution is -0.189. The first-order valence-electron chi connectivity index (χ1n) is 14.8. The summed E-state index contributed by atoms with van der Waals surface area (Å²) in [6, 6.07) is 0. The van der Waals surface area contributed by atoms with Gasteiger partial charge in [0.2, 0.25) is 0 Å². The lowest BCUT2D eigenvalue weighted by atomic mass is 9.41. The molecule has 5 rings (SSSR count). The predicted octanol–water partition coefficient (Wildman–Crippen LogP) is 6.32. The van der Waals surface area contributed by atoms with Gasteiger partial charge in [-0.25, -0.2) is 0 Å². The Morgan fingerprint density at radius 2 is 1.78 bits per heavy atom. The molecule has 210 valence electrons. The molecule has 4 aliphatic carbocycles. The first kappa shape index (κ1) is 27.8. The van der Waals surface area contributed by atoms with E-state index in [1.165, 1.54) is 25.7 Å². The number of rotatable bonds is 5. The van der Waals surface area contributed by atoms with Gasteiger partial charge in [-0.15, -0.1) is 0 Å². The Morgan fingerprint density at radius 3 is 2.43 bits per heavy atom. The summed E-state index contributed by atoms with van der Waals surface area (Å²) in [7, 11) is 3.40. The van der Waals surface area contributed by atoms with Crippen LogP contribution in [0.15, 0.2) is 11.6 Å². The highest BCUT2D eigenvalue weighted by Crippen LogP contribution is 2.73. The van der Waals surface area contributed by atoms with Gasteiger partial charge in [0, 0.05) is 32.0 Å². The normalized spacial score (nSPS) is 48.2. The molecule has 5 heteroatoms. The summed E-state index contributed by atoms with van der Waals surface area (Å²) < 4.78 is 17.9. The van der Waals surface area contributed by atoms with Crippen molar-refractivity contribution in [3.8, 4) is 0 Å². The number of aliphatic hydroxyl groups excluding tert-OH is 1. The van der Waals surface area contributed by atoms with Crippen molar-refractivity contribution < 1.29 is 24.1 Å². The average molecular weight is 517 g/mol. The number of aliphatic hydroxyl groups is 1. The van der Waals surface area contributed by atoms with Gasteiger partial charge in [0.05, 0.1) is 11.7 Å². The molecule has 4 fully saturated rings. The largest absolute Gasteiger partial charge is 0.387 e. The van der Waals surface area contributed by atoms with Gasteiger partial charge >= 0.3 is 0 Å². The Bertz CT molecular complexity index is 953. The molecule has 1 N–H and O–H groups in total. The van der Waals surface area contributed by atoms with Gasteiger partial charge in [0.15, 0.2) is 6.29 Å². The number of fused-ring (bicyclic) bond motifs is 5. The third kappa shape index (κ3) is 3.73. The van der Waals surface area contributed by atoms with E-state index in [1.54, 1.807) is 19.8 Å². The highest BCUT2D eigenvalue weighted by atomic mass is 16.7. The molecular formula is C32H52O5. The molecule has 0 spiro atoms. The van der Waals surface area contributed by atoms with Gasteiger partial charge in [0.1, 0.15) is 11.9 Å². The fourth-order valence-corrected chi connectivity index (χ4v) is 10.3. The van der Waals surface area contributed by atoms with Crippen LogP contribution in [0, 0.1) is 45.3 Å². The van der Waals surface area contributed by atoms with Crippen molar-refractivity contribution in [1.82, 2.24) is 0 Å². The molecule has 1 aliphatic heterocycles. The van der Waals surface area contributed by atoms with Crippen LogP contribution >= 0.6 is 0 Å². The van der Waals surface area contributed by atoms with Gasteiger partial charge in [-0.05, 0) is 92.8 Å². The Morgan fingerprint density at radius 1 is 1.08 bits per heavy atom. The van der Waals surface area contributed by atoms with Crippen LogP contribution in [0.2, 0.25) is 0 Å². The van der Waals surface area contributed by atoms with E-state index in [4.69, 9.17) is 14.2 Å². The number of ketones is 1. The summed E-state index contributed by atoms with van der Waals surface area (Å²) in [5.41, 5.74) is 1.32. The standard InChI is InChI=1S/C32H52O5/c1-28(2)24-11-10-22-21(30(24,5)15-14-25(28)33)13-17-31(6)20(12-16-32(22,31)7)19-18-23(37-27(19)35-8)26(34)29(3,4)36-9/h10,19-21,23-24,26-27,34H,11-18H2,1-9H3/t19-,20-,21-,23+,24-,26?,27-,30+,31-,32+/m0/s1. The number of allylic oxidation sites excluding steroid dienone is 2. The molecule has 0 aromatic rings. The molecule has 1 saturated heterocycles. The zero-order valence-electron chi connectivity index (χ0n) is 24.9. The van der Waals surface area contributed by atoms with Crippen molar-refractivity contribution in [1.29, 1.82) is 0 Å². The number of hydrogen-bond donors (Lipinski definition) is 1. The van der Waals surface area contributed by atoms with Gasteiger partial charge in [-0.2, -0.15) is 0 Å². The van der Waals surface area contributed by atoms with Crippen LogP contribution in [0.4, 0.5) is 0 Å². The predicted molar refractivity (Wildman–Crippen MR) is 145 cm³/mol. The van der Waals surface area contributed by atoms with Gasteiger partial charge in [-0.1, -0.05) is 46.3 Å². The summed E-state index contributed by atoms with van der Waals surface area (Å²) in [5, 5.41) is 11.1. The number of ether oxygens (including phenoxy) is 3. The number of hydrogen-bond acceptors (Lipinski definition) is 5. The molecule has 5 aliphatic rings. The van der Waals surface area contributed by atoms with Crippen LogP contribution in [0.3, 0.4) is 0 Å². The third-order valence-electron chi connectivity index (χ3n) is 13.1. The van der Waals surface area contributed by atoms with Crippen molar-refractivity contribution in [3.63, 3.8) is 0 Å². The summed E-state index contributed by atoms with van der Waals surface area (Å²) in [5.74, 6) is 2.22. The lowest BCUT2D eigenvalue weighted by Gasteiger charge is -2.63. The van der Waals surface area contributed by atoms with E-state index in [-0.39, 0.29) is 40.0 Å². The third-order valence-corrected chi connectivity index (χ3v) is 13.1. The molecule has 0 bridgehead atoms. The molecule has 5 nitrogen and oxygen atoms in total.